The molecule has 21 heavy (non-hydrogen) atoms. The molecule has 0 spiro atoms. The maximum Gasteiger partial charge on any atom is 0.233 e. The number of hydrogen-bond donors (Lipinski definition) is 0. The monoisotopic (exact) mass is 312 g/mol. The van der Waals surface area contributed by atoms with Gasteiger partial charge in [0.1, 0.15) is 6.33 Å². The maximum atomic E-state index is 12.2. The van der Waals surface area contributed by atoms with Crippen molar-refractivity contribution in [2.75, 3.05) is 32.6 Å². The number of aromatic nitrogens is 3. The molecule has 1 saturated heterocycles. The Labute approximate surface area is 130 Å². The Bertz CT molecular complexity index is 444. The van der Waals surface area contributed by atoms with Crippen LogP contribution < -0.4 is 0 Å². The molecule has 7 heteroatoms. The summed E-state index contributed by atoms with van der Waals surface area (Å²) in [6, 6.07) is 0. The van der Waals surface area contributed by atoms with Crippen LogP contribution in [0.25, 0.3) is 0 Å². The topological polar surface area (TPSA) is 60.2 Å². The summed E-state index contributed by atoms with van der Waals surface area (Å²) in [6.07, 6.45) is 4.86. The van der Waals surface area contributed by atoms with Gasteiger partial charge in [0.05, 0.1) is 5.75 Å². The molecule has 0 unspecified atom stereocenters. The summed E-state index contributed by atoms with van der Waals surface area (Å²) in [5, 5.41) is 8.83. The molecule has 1 aliphatic heterocycles. The molecule has 1 aromatic rings. The van der Waals surface area contributed by atoms with E-state index >= 15 is 0 Å². The largest absolute Gasteiger partial charge is 0.385 e. The van der Waals surface area contributed by atoms with Crippen molar-refractivity contribution in [2.24, 2.45) is 5.92 Å². The summed E-state index contributed by atoms with van der Waals surface area (Å²) in [7, 11) is 1.69. The third-order valence-corrected chi connectivity index (χ3v) is 4.75. The molecule has 0 saturated carbocycles. The number of thioether (sulfide) groups is 1. The van der Waals surface area contributed by atoms with Crippen LogP contribution in [0.1, 0.15) is 26.2 Å². The van der Waals surface area contributed by atoms with Gasteiger partial charge in [-0.15, -0.1) is 10.2 Å². The fourth-order valence-electron chi connectivity index (χ4n) is 2.36. The van der Waals surface area contributed by atoms with E-state index in [9.17, 15) is 4.79 Å². The average molecular weight is 312 g/mol. The van der Waals surface area contributed by atoms with E-state index in [2.05, 4.69) is 17.1 Å². The predicted molar refractivity (Wildman–Crippen MR) is 82.2 cm³/mol. The molecule has 6 nitrogen and oxygen atoms in total. The van der Waals surface area contributed by atoms with E-state index in [-0.39, 0.29) is 5.91 Å². The van der Waals surface area contributed by atoms with Crippen LogP contribution >= 0.6 is 11.8 Å². The smallest absolute Gasteiger partial charge is 0.233 e. The first kappa shape index (κ1) is 16.3. The van der Waals surface area contributed by atoms with Gasteiger partial charge in [-0.05, 0) is 25.2 Å². The Morgan fingerprint density at radius 2 is 2.24 bits per heavy atom. The molecule has 118 valence electrons. The van der Waals surface area contributed by atoms with Crippen LogP contribution in [0.2, 0.25) is 0 Å². The first-order valence-corrected chi connectivity index (χ1v) is 8.46. The molecule has 0 bridgehead atoms. The molecule has 2 heterocycles. The Balaban J connectivity index is 1.77. The highest BCUT2D eigenvalue weighted by Crippen LogP contribution is 2.19. The first-order valence-electron chi connectivity index (χ1n) is 7.48. The van der Waals surface area contributed by atoms with Crippen molar-refractivity contribution in [1.82, 2.24) is 19.7 Å². The van der Waals surface area contributed by atoms with Crippen molar-refractivity contribution in [3.05, 3.63) is 6.33 Å². The Hall–Kier alpha value is -1.08. The molecular weight excluding hydrogens is 288 g/mol. The normalized spacial score (nSPS) is 16.4. The predicted octanol–water partition coefficient (Wildman–Crippen LogP) is 1.67. The second kappa shape index (κ2) is 8.38. The van der Waals surface area contributed by atoms with Crippen LogP contribution in [0, 0.1) is 5.92 Å². The second-order valence-corrected chi connectivity index (χ2v) is 6.45. The molecule has 2 rings (SSSR count). The summed E-state index contributed by atoms with van der Waals surface area (Å²) in [5.41, 5.74) is 0. The molecule has 0 atom stereocenters. The van der Waals surface area contributed by atoms with Crippen molar-refractivity contribution in [3.63, 3.8) is 0 Å². The van der Waals surface area contributed by atoms with Gasteiger partial charge in [0, 0.05) is 33.4 Å². The summed E-state index contributed by atoms with van der Waals surface area (Å²) >= 11 is 1.47. The zero-order valence-electron chi connectivity index (χ0n) is 12.8. The third kappa shape index (κ3) is 5.00. The first-order chi connectivity index (χ1) is 10.2. The van der Waals surface area contributed by atoms with Gasteiger partial charge in [0.15, 0.2) is 5.16 Å². The lowest BCUT2D eigenvalue weighted by Crippen LogP contribution is -2.38. The van der Waals surface area contributed by atoms with Crippen LogP contribution in [-0.2, 0) is 16.1 Å². The standard InChI is InChI=1S/C14H24N4O2S/c1-12-4-7-17(8-5-12)13(19)10-21-14-16-15-11-18(14)6-3-9-20-2/h11-12H,3-10H2,1-2H3. The van der Waals surface area contributed by atoms with Crippen LogP contribution in [0.15, 0.2) is 11.5 Å². The van der Waals surface area contributed by atoms with Crippen molar-refractivity contribution >= 4 is 17.7 Å². The van der Waals surface area contributed by atoms with Gasteiger partial charge < -0.3 is 14.2 Å². The van der Waals surface area contributed by atoms with Crippen LogP contribution in [-0.4, -0.2) is 58.1 Å². The van der Waals surface area contributed by atoms with E-state index in [1.165, 1.54) is 11.8 Å². The minimum atomic E-state index is 0.207. The molecule has 0 radical (unpaired) electrons. The molecule has 0 N–H and O–H groups in total. The fourth-order valence-corrected chi connectivity index (χ4v) is 3.21. The highest BCUT2D eigenvalue weighted by Gasteiger charge is 2.20. The Morgan fingerprint density at radius 1 is 1.48 bits per heavy atom. The minimum absolute atomic E-state index is 0.207. The zero-order chi connectivity index (χ0) is 15.1. The number of hydrogen-bond acceptors (Lipinski definition) is 5. The zero-order valence-corrected chi connectivity index (χ0v) is 13.6. The number of ether oxygens (including phenoxy) is 1. The number of likely N-dealkylation sites (tertiary alicyclic amines) is 1. The minimum Gasteiger partial charge on any atom is -0.385 e. The van der Waals surface area contributed by atoms with E-state index in [0.717, 1.165) is 50.0 Å². The van der Waals surface area contributed by atoms with Gasteiger partial charge in [-0.1, -0.05) is 18.7 Å². The lowest BCUT2D eigenvalue weighted by atomic mass is 9.99. The van der Waals surface area contributed by atoms with Gasteiger partial charge in [0.25, 0.3) is 0 Å². The number of carbonyl (C=O) groups is 1. The van der Waals surface area contributed by atoms with Gasteiger partial charge in [-0.2, -0.15) is 0 Å². The number of rotatable bonds is 7. The molecular formula is C14H24N4O2S. The number of amides is 1. The number of methoxy groups -OCH3 is 1. The van der Waals surface area contributed by atoms with Gasteiger partial charge in [0.2, 0.25) is 5.91 Å². The average Bonchev–Trinajstić information content (AvgIpc) is 2.93. The number of piperidine rings is 1. The van der Waals surface area contributed by atoms with Crippen LogP contribution in [0.4, 0.5) is 0 Å². The Kier molecular flexibility index (Phi) is 6.50. The maximum absolute atomic E-state index is 12.2. The van der Waals surface area contributed by atoms with E-state index in [0.29, 0.717) is 12.4 Å². The highest BCUT2D eigenvalue weighted by atomic mass is 32.2. The molecule has 1 aromatic heterocycles. The number of nitrogens with zero attached hydrogens (tertiary/aromatic N) is 4. The molecule has 1 amide bonds. The summed E-state index contributed by atoms with van der Waals surface area (Å²) in [6.45, 7) is 5.56. The highest BCUT2D eigenvalue weighted by molar-refractivity contribution is 7.99. The summed E-state index contributed by atoms with van der Waals surface area (Å²) < 4.78 is 7.03. The molecule has 1 aliphatic rings. The van der Waals surface area contributed by atoms with E-state index in [1.807, 2.05) is 9.47 Å². The third-order valence-electron chi connectivity index (χ3n) is 3.79. The summed E-state index contributed by atoms with van der Waals surface area (Å²) in [4.78, 5) is 14.2. The fraction of sp³-hybridized carbons (Fsp3) is 0.786. The lowest BCUT2D eigenvalue weighted by molar-refractivity contribution is -0.129. The van der Waals surface area contributed by atoms with Crippen LogP contribution in [0.5, 0.6) is 0 Å². The number of carbonyl (C=O) groups excluding carboxylic acids is 1. The SMILES string of the molecule is COCCCn1cnnc1SCC(=O)N1CCC(C)CC1. The number of aryl methyl sites for hydroxylation is 1. The van der Waals surface area contributed by atoms with Crippen LogP contribution in [0.3, 0.4) is 0 Å². The van der Waals surface area contributed by atoms with Crippen molar-refractivity contribution in [3.8, 4) is 0 Å². The van der Waals surface area contributed by atoms with Gasteiger partial charge >= 0.3 is 0 Å². The van der Waals surface area contributed by atoms with Crippen molar-refractivity contribution in [1.29, 1.82) is 0 Å². The Morgan fingerprint density at radius 3 is 2.95 bits per heavy atom. The summed E-state index contributed by atoms with van der Waals surface area (Å²) in [5.74, 6) is 1.39. The van der Waals surface area contributed by atoms with E-state index < -0.39 is 0 Å². The van der Waals surface area contributed by atoms with E-state index in [4.69, 9.17) is 4.74 Å². The quantitative estimate of drug-likeness (QED) is 0.566. The molecule has 1 fully saturated rings. The van der Waals surface area contributed by atoms with Gasteiger partial charge in [-0.25, -0.2) is 0 Å². The lowest BCUT2D eigenvalue weighted by Gasteiger charge is -2.30. The van der Waals surface area contributed by atoms with Crippen molar-refractivity contribution in [2.45, 2.75) is 37.9 Å². The molecule has 0 aromatic carbocycles. The van der Waals surface area contributed by atoms with E-state index in [1.54, 1.807) is 13.4 Å². The molecule has 0 aliphatic carbocycles. The van der Waals surface area contributed by atoms with Crippen molar-refractivity contribution < 1.29 is 9.53 Å². The second-order valence-electron chi connectivity index (χ2n) is 5.51. The van der Waals surface area contributed by atoms with Gasteiger partial charge in [-0.3, -0.25) is 4.79 Å².